The third-order valence-corrected chi connectivity index (χ3v) is 2.63. The van der Waals surface area contributed by atoms with E-state index in [2.05, 4.69) is 6.92 Å². The van der Waals surface area contributed by atoms with E-state index in [9.17, 15) is 4.79 Å². The van der Waals surface area contributed by atoms with E-state index in [1.807, 2.05) is 0 Å². The van der Waals surface area contributed by atoms with Crippen molar-refractivity contribution in [3.63, 3.8) is 0 Å². The SMILES string of the molecule is CCCCCOc1ccc(OC)cc1/C=C/C(=O)O. The first kappa shape index (κ1) is 15.1. The summed E-state index contributed by atoms with van der Waals surface area (Å²) in [6.45, 7) is 2.77. The van der Waals surface area contributed by atoms with Crippen LogP contribution < -0.4 is 9.47 Å². The number of carboxylic acids is 1. The standard InChI is InChI=1S/C15H20O4/c1-3-4-5-10-19-14-8-7-13(18-2)11-12(14)6-9-15(16)17/h6-9,11H,3-5,10H2,1-2H3,(H,16,17)/b9-6+. The fourth-order valence-corrected chi connectivity index (χ4v) is 1.61. The van der Waals surface area contributed by atoms with Crippen molar-refractivity contribution in [2.45, 2.75) is 26.2 Å². The van der Waals surface area contributed by atoms with E-state index < -0.39 is 5.97 Å². The van der Waals surface area contributed by atoms with Gasteiger partial charge in [0.15, 0.2) is 0 Å². The molecule has 1 rings (SSSR count). The molecule has 0 saturated heterocycles. The lowest BCUT2D eigenvalue weighted by Gasteiger charge is -2.10. The highest BCUT2D eigenvalue weighted by Gasteiger charge is 2.04. The van der Waals surface area contributed by atoms with Crippen LogP contribution in [0.3, 0.4) is 0 Å². The highest BCUT2D eigenvalue weighted by Crippen LogP contribution is 2.25. The van der Waals surface area contributed by atoms with Gasteiger partial charge >= 0.3 is 5.97 Å². The lowest BCUT2D eigenvalue weighted by Crippen LogP contribution is -1.99. The molecule has 0 aliphatic carbocycles. The summed E-state index contributed by atoms with van der Waals surface area (Å²) in [7, 11) is 1.57. The molecule has 104 valence electrons. The first-order valence-electron chi connectivity index (χ1n) is 6.39. The molecule has 4 heteroatoms. The van der Waals surface area contributed by atoms with Gasteiger partial charge in [0.1, 0.15) is 11.5 Å². The molecule has 0 unspecified atom stereocenters. The summed E-state index contributed by atoms with van der Waals surface area (Å²) < 4.78 is 10.8. The van der Waals surface area contributed by atoms with E-state index in [0.717, 1.165) is 25.3 Å². The molecule has 19 heavy (non-hydrogen) atoms. The molecule has 0 spiro atoms. The largest absolute Gasteiger partial charge is 0.497 e. The number of carboxylic acid groups (broad SMARTS) is 1. The van der Waals surface area contributed by atoms with E-state index in [4.69, 9.17) is 14.6 Å². The summed E-state index contributed by atoms with van der Waals surface area (Å²) in [4.78, 5) is 10.6. The molecular weight excluding hydrogens is 244 g/mol. The molecule has 0 aliphatic rings. The molecule has 0 fully saturated rings. The summed E-state index contributed by atoms with van der Waals surface area (Å²) in [6.07, 6.45) is 5.85. The Morgan fingerprint density at radius 1 is 1.37 bits per heavy atom. The second-order valence-electron chi connectivity index (χ2n) is 4.13. The molecule has 0 aromatic heterocycles. The predicted octanol–water partition coefficient (Wildman–Crippen LogP) is 3.36. The number of unbranched alkanes of at least 4 members (excludes halogenated alkanes) is 2. The van der Waals surface area contributed by atoms with E-state index >= 15 is 0 Å². The van der Waals surface area contributed by atoms with Gasteiger partial charge in [0.2, 0.25) is 0 Å². The van der Waals surface area contributed by atoms with Crippen molar-refractivity contribution < 1.29 is 19.4 Å². The van der Waals surface area contributed by atoms with Crippen LogP contribution in [0.25, 0.3) is 6.08 Å². The third kappa shape index (κ3) is 5.46. The fraction of sp³-hybridized carbons (Fsp3) is 0.400. The normalized spacial score (nSPS) is 10.6. The molecule has 1 N–H and O–H groups in total. The number of ether oxygens (including phenoxy) is 2. The maximum absolute atomic E-state index is 10.6. The van der Waals surface area contributed by atoms with Crippen molar-refractivity contribution >= 4 is 12.0 Å². The first-order chi connectivity index (χ1) is 9.17. The van der Waals surface area contributed by atoms with Gasteiger partial charge in [-0.1, -0.05) is 19.8 Å². The maximum atomic E-state index is 10.6. The summed E-state index contributed by atoms with van der Waals surface area (Å²) in [5, 5.41) is 8.68. The minimum absolute atomic E-state index is 0.633. The second kappa shape index (κ2) is 8.19. The zero-order valence-electron chi connectivity index (χ0n) is 11.4. The van der Waals surface area contributed by atoms with Crippen LogP contribution in [0.1, 0.15) is 31.7 Å². The Kier molecular flexibility index (Phi) is 6.50. The molecule has 0 heterocycles. The third-order valence-electron chi connectivity index (χ3n) is 2.63. The van der Waals surface area contributed by atoms with Crippen molar-refractivity contribution in [2.24, 2.45) is 0 Å². The number of hydrogen-bond acceptors (Lipinski definition) is 3. The van der Waals surface area contributed by atoms with Gasteiger partial charge in [-0.25, -0.2) is 4.79 Å². The Hall–Kier alpha value is -1.97. The van der Waals surface area contributed by atoms with E-state index in [-0.39, 0.29) is 0 Å². The molecule has 0 aliphatic heterocycles. The van der Waals surface area contributed by atoms with Gasteiger partial charge in [0.25, 0.3) is 0 Å². The quantitative estimate of drug-likeness (QED) is 0.578. The van der Waals surface area contributed by atoms with Crippen molar-refractivity contribution in [3.8, 4) is 11.5 Å². The van der Waals surface area contributed by atoms with Gasteiger partial charge in [-0.3, -0.25) is 0 Å². The minimum Gasteiger partial charge on any atom is -0.497 e. The van der Waals surface area contributed by atoms with Gasteiger partial charge in [-0.2, -0.15) is 0 Å². The van der Waals surface area contributed by atoms with Crippen LogP contribution in [0, 0.1) is 0 Å². The summed E-state index contributed by atoms with van der Waals surface area (Å²) >= 11 is 0. The van der Waals surface area contributed by atoms with Crippen LogP contribution in [-0.4, -0.2) is 24.8 Å². The molecule has 0 amide bonds. The maximum Gasteiger partial charge on any atom is 0.328 e. The number of benzene rings is 1. The number of rotatable bonds is 8. The molecule has 1 aromatic rings. The average Bonchev–Trinajstić information content (AvgIpc) is 2.42. The van der Waals surface area contributed by atoms with Gasteiger partial charge < -0.3 is 14.6 Å². The highest BCUT2D eigenvalue weighted by atomic mass is 16.5. The molecular formula is C15H20O4. The second-order valence-corrected chi connectivity index (χ2v) is 4.13. The fourth-order valence-electron chi connectivity index (χ4n) is 1.61. The Morgan fingerprint density at radius 3 is 2.79 bits per heavy atom. The van der Waals surface area contributed by atoms with Crippen LogP contribution >= 0.6 is 0 Å². The zero-order valence-corrected chi connectivity index (χ0v) is 11.4. The highest BCUT2D eigenvalue weighted by molar-refractivity contribution is 5.86. The van der Waals surface area contributed by atoms with E-state index in [1.165, 1.54) is 6.08 Å². The van der Waals surface area contributed by atoms with Crippen molar-refractivity contribution in [3.05, 3.63) is 29.8 Å². The summed E-state index contributed by atoms with van der Waals surface area (Å²) in [6, 6.07) is 5.36. The van der Waals surface area contributed by atoms with E-state index in [1.54, 1.807) is 25.3 Å². The van der Waals surface area contributed by atoms with Gasteiger partial charge in [0.05, 0.1) is 13.7 Å². The van der Waals surface area contributed by atoms with Crippen LogP contribution in [0.15, 0.2) is 24.3 Å². The predicted molar refractivity (Wildman–Crippen MR) is 74.7 cm³/mol. The van der Waals surface area contributed by atoms with Crippen LogP contribution in [0.4, 0.5) is 0 Å². The topological polar surface area (TPSA) is 55.8 Å². The molecule has 0 radical (unpaired) electrons. The molecule has 4 nitrogen and oxygen atoms in total. The zero-order chi connectivity index (χ0) is 14.1. The van der Waals surface area contributed by atoms with Crippen molar-refractivity contribution in [1.29, 1.82) is 0 Å². The molecule has 0 saturated carbocycles. The Bertz CT molecular complexity index is 438. The molecule has 0 bridgehead atoms. The van der Waals surface area contributed by atoms with Crippen LogP contribution in [0.5, 0.6) is 11.5 Å². The monoisotopic (exact) mass is 264 g/mol. The number of carbonyl (C=O) groups is 1. The lowest BCUT2D eigenvalue weighted by molar-refractivity contribution is -0.131. The number of methoxy groups -OCH3 is 1. The molecule has 0 atom stereocenters. The Labute approximate surface area is 113 Å². The number of aliphatic carboxylic acids is 1. The Morgan fingerprint density at radius 2 is 2.16 bits per heavy atom. The number of hydrogen-bond donors (Lipinski definition) is 1. The van der Waals surface area contributed by atoms with Gasteiger partial charge in [-0.15, -0.1) is 0 Å². The van der Waals surface area contributed by atoms with Crippen molar-refractivity contribution in [1.82, 2.24) is 0 Å². The van der Waals surface area contributed by atoms with Crippen LogP contribution in [-0.2, 0) is 4.79 Å². The Balaban J connectivity index is 2.79. The van der Waals surface area contributed by atoms with Crippen LogP contribution in [0.2, 0.25) is 0 Å². The van der Waals surface area contributed by atoms with E-state index in [0.29, 0.717) is 23.7 Å². The first-order valence-corrected chi connectivity index (χ1v) is 6.39. The summed E-state index contributed by atoms with van der Waals surface area (Å²) in [5.41, 5.74) is 0.707. The summed E-state index contributed by atoms with van der Waals surface area (Å²) in [5.74, 6) is 0.361. The lowest BCUT2D eigenvalue weighted by atomic mass is 10.1. The smallest absolute Gasteiger partial charge is 0.328 e. The van der Waals surface area contributed by atoms with Gasteiger partial charge in [-0.05, 0) is 30.7 Å². The minimum atomic E-state index is -0.986. The van der Waals surface area contributed by atoms with Gasteiger partial charge in [0, 0.05) is 11.6 Å². The molecule has 1 aromatic carbocycles. The average molecular weight is 264 g/mol. The van der Waals surface area contributed by atoms with Crippen molar-refractivity contribution in [2.75, 3.05) is 13.7 Å².